The number of anilines is 1. The number of nitrogen functional groups attached to an aromatic ring is 1. The normalized spacial score (nSPS) is 19.8. The van der Waals surface area contributed by atoms with E-state index in [0.717, 1.165) is 27.5 Å². The maximum Gasteiger partial charge on any atom is 0.407 e. The lowest BCUT2D eigenvalue weighted by Crippen LogP contribution is -2.71. The van der Waals surface area contributed by atoms with Crippen LogP contribution in [0.4, 0.5) is 13.9 Å². The molecular weight excluding hydrogens is 518 g/mol. The number of carboxylic acids is 1. The van der Waals surface area contributed by atoms with E-state index in [9.17, 15) is 28.3 Å². The number of carbonyl (C=O) groups is 3. The number of pyridine rings is 1. The van der Waals surface area contributed by atoms with E-state index >= 15 is 0 Å². The number of aryl methyl sites for hydroxylation is 1. The number of aromatic nitrogens is 2. The highest BCUT2D eigenvalue weighted by molar-refractivity contribution is 8.00. The molecule has 1 fully saturated rings. The zero-order valence-corrected chi connectivity index (χ0v) is 20.6. The van der Waals surface area contributed by atoms with Gasteiger partial charge in [-0.25, -0.2) is 9.78 Å². The van der Waals surface area contributed by atoms with Gasteiger partial charge in [0, 0.05) is 35.3 Å². The molecule has 0 bridgehead atoms. The van der Waals surface area contributed by atoms with Crippen molar-refractivity contribution in [2.45, 2.75) is 38.4 Å². The van der Waals surface area contributed by atoms with Crippen molar-refractivity contribution < 1.29 is 37.7 Å². The van der Waals surface area contributed by atoms with E-state index in [1.165, 1.54) is 17.1 Å². The Labute approximate surface area is 211 Å². The van der Waals surface area contributed by atoms with Crippen LogP contribution >= 0.6 is 23.1 Å². The molecule has 4 rings (SSSR count). The van der Waals surface area contributed by atoms with Crippen molar-refractivity contribution in [2.75, 3.05) is 11.5 Å². The Kier molecular flexibility index (Phi) is 7.21. The van der Waals surface area contributed by atoms with Gasteiger partial charge in [-0.1, -0.05) is 5.16 Å². The highest BCUT2D eigenvalue weighted by Crippen LogP contribution is 2.40. The van der Waals surface area contributed by atoms with Crippen LogP contribution in [0.1, 0.15) is 17.0 Å². The van der Waals surface area contributed by atoms with Crippen LogP contribution in [0, 0.1) is 13.8 Å². The number of alkyl halides is 2. The van der Waals surface area contributed by atoms with Crippen molar-refractivity contribution in [2.24, 2.45) is 5.16 Å². The first-order valence-corrected chi connectivity index (χ1v) is 12.4. The first kappa shape index (κ1) is 25.5. The highest BCUT2D eigenvalue weighted by atomic mass is 32.2. The zero-order chi connectivity index (χ0) is 26.1. The first-order valence-electron chi connectivity index (χ1n) is 10.5. The summed E-state index contributed by atoms with van der Waals surface area (Å²) in [5, 5.41) is 16.2. The van der Waals surface area contributed by atoms with Crippen molar-refractivity contribution in [1.29, 1.82) is 0 Å². The molecule has 1 saturated heterocycles. The van der Waals surface area contributed by atoms with Crippen LogP contribution in [0.25, 0.3) is 0 Å². The summed E-state index contributed by atoms with van der Waals surface area (Å²) in [5.41, 5.74) is 7.28. The van der Waals surface area contributed by atoms with Gasteiger partial charge in [0.2, 0.25) is 0 Å². The Morgan fingerprint density at radius 3 is 2.83 bits per heavy atom. The van der Waals surface area contributed by atoms with Crippen LogP contribution in [0.5, 0.6) is 0 Å². The van der Waals surface area contributed by atoms with Gasteiger partial charge < -0.3 is 21.0 Å². The number of nitrogens with two attached hydrogens (primary N) is 1. The smallest absolute Gasteiger partial charge is 0.407 e. The van der Waals surface area contributed by atoms with E-state index in [1.54, 1.807) is 0 Å². The first-order chi connectivity index (χ1) is 17.1. The van der Waals surface area contributed by atoms with Crippen molar-refractivity contribution in [3.63, 3.8) is 0 Å². The standard InChI is InChI=1S/C21H20F2N6O5S2/c1-9-4-3-5-28(10(9)2)6-11-7-35-18-14(17(31)29(18)15(11)19(32)33)26-16(30)13(27-34-20(22)23)12-8-36-21(24)25-12/h3-5,8,14,18,20H,6-7H2,1-2H3,(H3-,24,25,26,30,32,33)/p+1/t14?,18-/m1/s1. The molecule has 0 aliphatic carbocycles. The highest BCUT2D eigenvalue weighted by Gasteiger charge is 2.54. The number of hydrogen-bond acceptors (Lipinski definition) is 9. The summed E-state index contributed by atoms with van der Waals surface area (Å²) >= 11 is 2.24. The number of oxime groups is 1. The summed E-state index contributed by atoms with van der Waals surface area (Å²) in [7, 11) is 0. The third kappa shape index (κ3) is 4.88. The molecule has 0 aromatic carbocycles. The quantitative estimate of drug-likeness (QED) is 0.195. The monoisotopic (exact) mass is 539 g/mol. The number of thioether (sulfide) groups is 1. The number of carboxylic acid groups (broad SMARTS) is 1. The molecule has 4 heterocycles. The summed E-state index contributed by atoms with van der Waals surface area (Å²) in [6, 6.07) is 2.70. The van der Waals surface area contributed by atoms with Crippen LogP contribution in [0.2, 0.25) is 0 Å². The number of β-lactam (4-membered cyclic amide) rings is 1. The molecule has 2 aliphatic heterocycles. The number of amides is 2. The van der Waals surface area contributed by atoms with E-state index in [1.807, 2.05) is 36.7 Å². The minimum atomic E-state index is -3.28. The molecule has 2 atom stereocenters. The molecule has 2 aliphatic rings. The Morgan fingerprint density at radius 2 is 2.19 bits per heavy atom. The number of nitrogens with zero attached hydrogens (tertiary/aromatic N) is 4. The fourth-order valence-electron chi connectivity index (χ4n) is 3.84. The number of hydrogen-bond donors (Lipinski definition) is 3. The Hall–Kier alpha value is -3.59. The van der Waals surface area contributed by atoms with E-state index in [4.69, 9.17) is 5.73 Å². The molecule has 36 heavy (non-hydrogen) atoms. The number of fused-ring (bicyclic) bond motifs is 1. The molecule has 0 saturated carbocycles. The maximum atomic E-state index is 13.0. The topological polar surface area (TPSA) is 151 Å². The molecule has 1 unspecified atom stereocenters. The van der Waals surface area contributed by atoms with Crippen LogP contribution in [-0.2, 0) is 25.8 Å². The summed E-state index contributed by atoms with van der Waals surface area (Å²) in [5.74, 6) is -2.59. The predicted octanol–water partition coefficient (Wildman–Crippen LogP) is 1.01. The molecule has 4 N–H and O–H groups in total. The fraction of sp³-hybridized carbons (Fsp3) is 0.333. The summed E-state index contributed by atoms with van der Waals surface area (Å²) < 4.78 is 27.0. The van der Waals surface area contributed by atoms with Crippen molar-refractivity contribution in [3.05, 3.63) is 51.9 Å². The lowest BCUT2D eigenvalue weighted by Gasteiger charge is -2.49. The molecule has 2 amide bonds. The third-order valence-corrected chi connectivity index (χ3v) is 7.73. The van der Waals surface area contributed by atoms with Crippen molar-refractivity contribution in [3.8, 4) is 0 Å². The Morgan fingerprint density at radius 1 is 1.44 bits per heavy atom. The molecule has 190 valence electrons. The zero-order valence-electron chi connectivity index (χ0n) is 19.0. The molecule has 2 aromatic heterocycles. The van der Waals surface area contributed by atoms with E-state index in [0.29, 0.717) is 11.3 Å². The predicted molar refractivity (Wildman–Crippen MR) is 126 cm³/mol. The van der Waals surface area contributed by atoms with Crippen LogP contribution in [0.3, 0.4) is 0 Å². The van der Waals surface area contributed by atoms with Gasteiger partial charge in [0.05, 0.1) is 0 Å². The molecule has 11 nitrogen and oxygen atoms in total. The molecule has 0 radical (unpaired) electrons. The Bertz CT molecular complexity index is 1300. The number of rotatable bonds is 8. The largest absolute Gasteiger partial charge is 0.477 e. The second kappa shape index (κ2) is 10.2. The van der Waals surface area contributed by atoms with Gasteiger partial charge in [0.25, 0.3) is 11.8 Å². The molecule has 0 spiro atoms. The fourth-order valence-corrected chi connectivity index (χ4v) is 5.72. The van der Waals surface area contributed by atoms with Crippen LogP contribution < -0.4 is 15.6 Å². The Balaban J connectivity index is 1.55. The summed E-state index contributed by atoms with van der Waals surface area (Å²) in [4.78, 5) is 46.8. The van der Waals surface area contributed by atoms with Crippen LogP contribution in [-0.4, -0.2) is 62.3 Å². The van der Waals surface area contributed by atoms with E-state index in [2.05, 4.69) is 20.3 Å². The van der Waals surface area contributed by atoms with Gasteiger partial charge in [0.1, 0.15) is 22.8 Å². The lowest BCUT2D eigenvalue weighted by atomic mass is 10.0. The number of nitrogens with one attached hydrogen (secondary N) is 1. The van der Waals surface area contributed by atoms with Crippen LogP contribution in [0.15, 0.2) is 40.1 Å². The van der Waals surface area contributed by atoms with E-state index in [-0.39, 0.29) is 23.1 Å². The molecule has 2 aromatic rings. The number of thiazole rings is 1. The van der Waals surface area contributed by atoms with E-state index < -0.39 is 41.5 Å². The number of carbonyl (C=O) groups excluding carboxylic acids is 2. The molecule has 15 heteroatoms. The lowest BCUT2D eigenvalue weighted by molar-refractivity contribution is -0.695. The summed E-state index contributed by atoms with van der Waals surface area (Å²) in [6.07, 6.45) is 1.83. The third-order valence-electron chi connectivity index (χ3n) is 5.71. The number of aliphatic carboxylic acids is 1. The summed E-state index contributed by atoms with van der Waals surface area (Å²) in [6.45, 7) is 0.862. The SMILES string of the molecule is Cc1ccc[n+](CC2=C(C(=O)O)N3C(=O)C(NC(=O)C(=NOC(F)F)c4csc(N)n4)[C@H]3SC2)c1C. The second-order valence-electron chi connectivity index (χ2n) is 7.90. The van der Waals surface area contributed by atoms with Gasteiger partial charge in [-0.3, -0.25) is 14.5 Å². The minimum Gasteiger partial charge on any atom is -0.477 e. The van der Waals surface area contributed by atoms with Gasteiger partial charge in [0.15, 0.2) is 29.3 Å². The number of halogens is 2. The average Bonchev–Trinajstić information content (AvgIpc) is 3.25. The maximum absolute atomic E-state index is 13.0. The molecular formula is C21H21F2N6O5S2+. The van der Waals surface area contributed by atoms with Gasteiger partial charge in [-0.05, 0) is 13.0 Å². The minimum absolute atomic E-state index is 0.0711. The van der Waals surface area contributed by atoms with Crippen molar-refractivity contribution >= 4 is 51.7 Å². The van der Waals surface area contributed by atoms with Crippen molar-refractivity contribution in [1.82, 2.24) is 15.2 Å². The average molecular weight is 540 g/mol. The second-order valence-corrected chi connectivity index (χ2v) is 9.89. The van der Waals surface area contributed by atoms with Gasteiger partial charge in [-0.2, -0.15) is 13.3 Å². The van der Waals surface area contributed by atoms with Gasteiger partial charge in [-0.15, -0.1) is 23.1 Å². The van der Waals surface area contributed by atoms with Gasteiger partial charge >= 0.3 is 12.6 Å².